The number of nitrogens with zero attached hydrogens (tertiary/aromatic N) is 2. The van der Waals surface area contributed by atoms with Gasteiger partial charge in [-0.3, -0.25) is 9.36 Å². The summed E-state index contributed by atoms with van der Waals surface area (Å²) in [5.41, 5.74) is 0.968. The minimum absolute atomic E-state index is 0.273. The average Bonchev–Trinajstić information content (AvgIpc) is 2.50. The number of nitrogens with one attached hydrogen (secondary N) is 1. The molecule has 0 spiro atoms. The first-order valence-electron chi connectivity index (χ1n) is 6.62. The summed E-state index contributed by atoms with van der Waals surface area (Å²) in [5, 5.41) is 3.20. The van der Waals surface area contributed by atoms with E-state index in [2.05, 4.69) is 5.32 Å². The second-order valence-electron chi connectivity index (χ2n) is 4.83. The quantitative estimate of drug-likeness (QED) is 0.864. The van der Waals surface area contributed by atoms with Gasteiger partial charge >= 0.3 is 5.69 Å². The summed E-state index contributed by atoms with van der Waals surface area (Å²) in [6, 6.07) is 7.70. The minimum Gasteiger partial charge on any atom is -0.496 e. The molecule has 1 aromatic carbocycles. The van der Waals surface area contributed by atoms with Gasteiger partial charge in [0, 0.05) is 44.5 Å². The minimum atomic E-state index is -0.325. The Morgan fingerprint density at radius 1 is 1.10 bits per heavy atom. The van der Waals surface area contributed by atoms with Crippen molar-refractivity contribution < 1.29 is 4.74 Å². The first-order chi connectivity index (χ1) is 10.0. The first-order valence-corrected chi connectivity index (χ1v) is 6.62. The maximum absolute atomic E-state index is 12.0. The van der Waals surface area contributed by atoms with Crippen LogP contribution in [0.5, 0.6) is 5.75 Å². The van der Waals surface area contributed by atoms with Gasteiger partial charge in [-0.05, 0) is 6.07 Å². The van der Waals surface area contributed by atoms with Crippen molar-refractivity contribution in [3.63, 3.8) is 0 Å². The monoisotopic (exact) mass is 289 g/mol. The van der Waals surface area contributed by atoms with Crippen molar-refractivity contribution in [2.75, 3.05) is 7.11 Å². The van der Waals surface area contributed by atoms with E-state index >= 15 is 0 Å². The molecule has 6 nitrogen and oxygen atoms in total. The SMILES string of the molecule is COc1ccccc1CNCc1cn(C)c(=O)n(C)c1=O. The lowest BCUT2D eigenvalue weighted by molar-refractivity contribution is 0.407. The molecule has 21 heavy (non-hydrogen) atoms. The third kappa shape index (κ3) is 3.22. The summed E-state index contributed by atoms with van der Waals surface area (Å²) >= 11 is 0. The number of aryl methyl sites for hydroxylation is 1. The highest BCUT2D eigenvalue weighted by Crippen LogP contribution is 2.16. The smallest absolute Gasteiger partial charge is 0.330 e. The van der Waals surface area contributed by atoms with Crippen LogP contribution >= 0.6 is 0 Å². The van der Waals surface area contributed by atoms with Crippen LogP contribution in [0, 0.1) is 0 Å². The molecule has 0 aliphatic carbocycles. The molecule has 1 heterocycles. The fraction of sp³-hybridized carbons (Fsp3) is 0.333. The van der Waals surface area contributed by atoms with E-state index in [4.69, 9.17) is 4.74 Å². The maximum atomic E-state index is 12.0. The molecule has 0 aliphatic rings. The molecule has 0 aliphatic heterocycles. The predicted octanol–water partition coefficient (Wildman–Crippen LogP) is 0.382. The van der Waals surface area contributed by atoms with E-state index in [1.807, 2.05) is 24.3 Å². The Morgan fingerprint density at radius 3 is 2.48 bits per heavy atom. The molecule has 0 bridgehead atoms. The van der Waals surface area contributed by atoms with Crippen LogP contribution in [0.15, 0.2) is 40.1 Å². The number of hydrogen-bond acceptors (Lipinski definition) is 4. The van der Waals surface area contributed by atoms with E-state index in [0.717, 1.165) is 15.9 Å². The van der Waals surface area contributed by atoms with Crippen LogP contribution in [0.1, 0.15) is 11.1 Å². The van der Waals surface area contributed by atoms with Crippen molar-refractivity contribution in [3.05, 3.63) is 62.4 Å². The molecular formula is C15H19N3O3. The largest absolute Gasteiger partial charge is 0.496 e. The third-order valence-corrected chi connectivity index (χ3v) is 3.34. The molecule has 1 aromatic heterocycles. The lowest BCUT2D eigenvalue weighted by atomic mass is 10.2. The number of para-hydroxylation sites is 1. The molecule has 2 aromatic rings. The van der Waals surface area contributed by atoms with Gasteiger partial charge < -0.3 is 14.6 Å². The zero-order valence-corrected chi connectivity index (χ0v) is 12.4. The van der Waals surface area contributed by atoms with Gasteiger partial charge in [0.15, 0.2) is 0 Å². The van der Waals surface area contributed by atoms with Gasteiger partial charge in [-0.2, -0.15) is 0 Å². The Hall–Kier alpha value is -2.34. The van der Waals surface area contributed by atoms with E-state index in [1.165, 1.54) is 11.6 Å². The van der Waals surface area contributed by atoms with Crippen LogP contribution in [-0.4, -0.2) is 16.2 Å². The highest BCUT2D eigenvalue weighted by atomic mass is 16.5. The number of aromatic nitrogens is 2. The molecule has 0 unspecified atom stereocenters. The van der Waals surface area contributed by atoms with Crippen LogP contribution in [0.3, 0.4) is 0 Å². The summed E-state index contributed by atoms with van der Waals surface area (Å²) in [7, 11) is 4.74. The molecule has 0 saturated carbocycles. The number of ether oxygens (including phenoxy) is 1. The molecule has 0 atom stereocenters. The van der Waals surface area contributed by atoms with E-state index in [0.29, 0.717) is 18.7 Å². The van der Waals surface area contributed by atoms with E-state index in [-0.39, 0.29) is 11.2 Å². The van der Waals surface area contributed by atoms with Crippen LogP contribution in [0.25, 0.3) is 0 Å². The predicted molar refractivity (Wildman–Crippen MR) is 80.5 cm³/mol. The van der Waals surface area contributed by atoms with Crippen LogP contribution in [-0.2, 0) is 27.2 Å². The highest BCUT2D eigenvalue weighted by Gasteiger charge is 2.07. The number of methoxy groups -OCH3 is 1. The topological polar surface area (TPSA) is 65.3 Å². The van der Waals surface area contributed by atoms with Crippen molar-refractivity contribution in [1.82, 2.24) is 14.5 Å². The molecular weight excluding hydrogens is 270 g/mol. The summed E-state index contributed by atoms with van der Waals surface area (Å²) in [6.45, 7) is 0.967. The average molecular weight is 289 g/mol. The summed E-state index contributed by atoms with van der Waals surface area (Å²) < 4.78 is 7.79. The molecule has 0 fully saturated rings. The van der Waals surface area contributed by atoms with Crippen molar-refractivity contribution in [3.8, 4) is 5.75 Å². The summed E-state index contributed by atoms with van der Waals surface area (Å²) in [4.78, 5) is 23.6. The second kappa shape index (κ2) is 6.41. The van der Waals surface area contributed by atoms with Crippen LogP contribution in [0.2, 0.25) is 0 Å². The van der Waals surface area contributed by atoms with Gasteiger partial charge in [-0.1, -0.05) is 18.2 Å². The Labute approximate surface area is 122 Å². The molecule has 0 saturated heterocycles. The van der Waals surface area contributed by atoms with E-state index in [1.54, 1.807) is 20.4 Å². The molecule has 1 N–H and O–H groups in total. The lowest BCUT2D eigenvalue weighted by Crippen LogP contribution is -2.39. The molecule has 0 radical (unpaired) electrons. The van der Waals surface area contributed by atoms with E-state index < -0.39 is 0 Å². The Morgan fingerprint density at radius 2 is 1.76 bits per heavy atom. The second-order valence-corrected chi connectivity index (χ2v) is 4.83. The Kier molecular flexibility index (Phi) is 4.59. The third-order valence-electron chi connectivity index (χ3n) is 3.34. The summed E-state index contributed by atoms with van der Waals surface area (Å²) in [5.74, 6) is 0.804. The van der Waals surface area contributed by atoms with E-state index in [9.17, 15) is 9.59 Å². The van der Waals surface area contributed by atoms with Gasteiger partial charge in [0.2, 0.25) is 0 Å². The molecule has 112 valence electrons. The van der Waals surface area contributed by atoms with Crippen molar-refractivity contribution in [2.45, 2.75) is 13.1 Å². The fourth-order valence-electron chi connectivity index (χ4n) is 2.19. The zero-order valence-electron chi connectivity index (χ0n) is 12.4. The van der Waals surface area contributed by atoms with Crippen molar-refractivity contribution in [1.29, 1.82) is 0 Å². The van der Waals surface area contributed by atoms with Gasteiger partial charge in [0.1, 0.15) is 5.75 Å². The first kappa shape index (κ1) is 15.1. The Balaban J connectivity index is 2.11. The molecule has 6 heteroatoms. The van der Waals surface area contributed by atoms with Crippen molar-refractivity contribution >= 4 is 0 Å². The lowest BCUT2D eigenvalue weighted by Gasteiger charge is -2.10. The maximum Gasteiger partial charge on any atom is 0.330 e. The number of benzene rings is 1. The van der Waals surface area contributed by atoms with Crippen LogP contribution < -0.4 is 21.3 Å². The van der Waals surface area contributed by atoms with Crippen molar-refractivity contribution in [2.24, 2.45) is 14.1 Å². The standard InChI is InChI=1S/C15H19N3O3/c1-17-10-12(14(19)18(2)15(17)20)9-16-8-11-6-4-5-7-13(11)21-3/h4-7,10,16H,8-9H2,1-3H3. The number of hydrogen-bond donors (Lipinski definition) is 1. The van der Waals surface area contributed by atoms with Gasteiger partial charge in [0.25, 0.3) is 5.56 Å². The molecule has 2 rings (SSSR count). The van der Waals surface area contributed by atoms with Crippen LogP contribution in [0.4, 0.5) is 0 Å². The highest BCUT2D eigenvalue weighted by molar-refractivity contribution is 5.33. The zero-order chi connectivity index (χ0) is 15.4. The normalized spacial score (nSPS) is 10.6. The fourth-order valence-corrected chi connectivity index (χ4v) is 2.19. The number of rotatable bonds is 5. The van der Waals surface area contributed by atoms with Gasteiger partial charge in [-0.25, -0.2) is 4.79 Å². The molecule has 0 amide bonds. The van der Waals surface area contributed by atoms with Gasteiger partial charge in [-0.15, -0.1) is 0 Å². The van der Waals surface area contributed by atoms with Gasteiger partial charge in [0.05, 0.1) is 7.11 Å². The Bertz CT molecular complexity index is 747. The summed E-state index contributed by atoms with van der Waals surface area (Å²) in [6.07, 6.45) is 1.57.